The zero-order valence-corrected chi connectivity index (χ0v) is 25.8. The molecule has 0 aliphatic rings. The Morgan fingerprint density at radius 2 is 1.36 bits per heavy atom. The van der Waals surface area contributed by atoms with Crippen molar-refractivity contribution in [2.24, 2.45) is 0 Å². The summed E-state index contributed by atoms with van der Waals surface area (Å²) >= 11 is 0. The lowest BCUT2D eigenvalue weighted by molar-refractivity contribution is -0.275. The molecule has 254 valence electrons. The second-order valence-electron chi connectivity index (χ2n) is 10.4. The number of rotatable bonds is 14. The summed E-state index contributed by atoms with van der Waals surface area (Å²) in [5, 5.41) is 5.37. The molecule has 0 aliphatic heterocycles. The first kappa shape index (κ1) is 36.7. The third kappa shape index (κ3) is 11.5. The molecule has 0 aromatic heterocycles. The molecule has 1 unspecified atom stereocenters. The summed E-state index contributed by atoms with van der Waals surface area (Å²) in [6.45, 7) is 5.33. The van der Waals surface area contributed by atoms with E-state index in [2.05, 4.69) is 20.1 Å². The molecule has 0 saturated carbocycles. The molecule has 2 N–H and O–H groups in total. The van der Waals surface area contributed by atoms with Crippen LogP contribution < -0.4 is 20.1 Å². The minimum atomic E-state index is -4.92. The molecule has 0 heterocycles. The van der Waals surface area contributed by atoms with Crippen LogP contribution in [0.3, 0.4) is 0 Å². The molecule has 47 heavy (non-hydrogen) atoms. The molecule has 0 radical (unpaired) electrons. The van der Waals surface area contributed by atoms with E-state index in [1.165, 1.54) is 25.1 Å². The predicted octanol–water partition coefficient (Wildman–Crippen LogP) is 7.78. The molecular weight excluding hydrogens is 634 g/mol. The molecule has 0 aliphatic carbocycles. The number of nitrogens with one attached hydrogen (secondary N) is 2. The van der Waals surface area contributed by atoms with E-state index in [0.717, 1.165) is 24.3 Å². The van der Waals surface area contributed by atoms with Gasteiger partial charge in [-0.1, -0.05) is 37.6 Å². The summed E-state index contributed by atoms with van der Waals surface area (Å²) in [4.78, 5) is 38.1. The van der Waals surface area contributed by atoms with E-state index in [9.17, 15) is 40.7 Å². The third-order valence-electron chi connectivity index (χ3n) is 6.97. The number of amides is 2. The lowest BCUT2D eigenvalue weighted by atomic mass is 9.78. The van der Waals surface area contributed by atoms with Gasteiger partial charge in [-0.25, -0.2) is 0 Å². The molecule has 0 bridgehead atoms. The Balaban J connectivity index is 1.93. The molecule has 0 fully saturated rings. The van der Waals surface area contributed by atoms with Crippen LogP contribution in [0.4, 0.5) is 32.0 Å². The average Bonchev–Trinajstić information content (AvgIpc) is 2.98. The average molecular weight is 669 g/mol. The summed E-state index contributed by atoms with van der Waals surface area (Å²) in [5.74, 6) is -3.93. The number of halogens is 6. The quantitative estimate of drug-likeness (QED) is 0.134. The minimum absolute atomic E-state index is 0.00260. The molecule has 3 aromatic rings. The van der Waals surface area contributed by atoms with Crippen LogP contribution >= 0.6 is 0 Å². The van der Waals surface area contributed by atoms with Crippen molar-refractivity contribution in [2.75, 3.05) is 18.5 Å². The van der Waals surface area contributed by atoms with Gasteiger partial charge in [0, 0.05) is 17.8 Å². The second-order valence-corrected chi connectivity index (χ2v) is 10.4. The van der Waals surface area contributed by atoms with Crippen LogP contribution in [-0.2, 0) is 14.3 Å². The fourth-order valence-electron chi connectivity index (χ4n) is 4.96. The lowest BCUT2D eigenvalue weighted by Gasteiger charge is -2.28. The number of esters is 1. The lowest BCUT2D eigenvalue weighted by Crippen LogP contribution is -2.28. The fraction of sp³-hybridized carbons (Fsp3) is 0.364. The Bertz CT molecular complexity index is 1510. The van der Waals surface area contributed by atoms with Crippen LogP contribution in [0.5, 0.6) is 11.5 Å². The van der Waals surface area contributed by atoms with E-state index in [1.54, 1.807) is 31.2 Å². The predicted molar refractivity (Wildman–Crippen MR) is 160 cm³/mol. The van der Waals surface area contributed by atoms with Gasteiger partial charge in [-0.3, -0.25) is 14.4 Å². The van der Waals surface area contributed by atoms with Crippen molar-refractivity contribution in [2.45, 2.75) is 64.6 Å². The third-order valence-corrected chi connectivity index (χ3v) is 6.97. The number of benzene rings is 3. The van der Waals surface area contributed by atoms with E-state index in [1.807, 2.05) is 6.92 Å². The maximum Gasteiger partial charge on any atom is 0.573 e. The van der Waals surface area contributed by atoms with Gasteiger partial charge >= 0.3 is 18.7 Å². The van der Waals surface area contributed by atoms with Crippen LogP contribution in [0, 0.1) is 6.92 Å². The van der Waals surface area contributed by atoms with E-state index in [4.69, 9.17) is 4.74 Å². The van der Waals surface area contributed by atoms with Gasteiger partial charge in [-0.15, -0.1) is 26.3 Å². The molecule has 2 amide bonds. The smallest absolute Gasteiger partial charge is 0.466 e. The molecule has 0 spiro atoms. The maximum atomic E-state index is 13.9. The number of alkyl halides is 6. The normalized spacial score (nSPS) is 12.9. The summed E-state index contributed by atoms with van der Waals surface area (Å²) in [6, 6.07) is 14.7. The van der Waals surface area contributed by atoms with Gasteiger partial charge in [-0.05, 0) is 85.3 Å². The van der Waals surface area contributed by atoms with Crippen molar-refractivity contribution in [3.63, 3.8) is 0 Å². The highest BCUT2D eigenvalue weighted by Gasteiger charge is 2.34. The Labute approximate surface area is 267 Å². The number of ether oxygens (including phenoxy) is 3. The highest BCUT2D eigenvalue weighted by molar-refractivity contribution is 5.97. The van der Waals surface area contributed by atoms with Crippen LogP contribution in [0.2, 0.25) is 0 Å². The molecule has 14 heteroatoms. The Morgan fingerprint density at radius 1 is 0.787 bits per heavy atom. The first-order chi connectivity index (χ1) is 22.1. The molecule has 2 atom stereocenters. The van der Waals surface area contributed by atoms with Gasteiger partial charge in [0.15, 0.2) is 0 Å². The van der Waals surface area contributed by atoms with E-state index in [-0.39, 0.29) is 30.8 Å². The maximum absolute atomic E-state index is 13.9. The van der Waals surface area contributed by atoms with Gasteiger partial charge < -0.3 is 24.8 Å². The van der Waals surface area contributed by atoms with Crippen LogP contribution in [0.15, 0.2) is 66.7 Å². The zero-order chi connectivity index (χ0) is 34.8. The Hall–Kier alpha value is -4.75. The van der Waals surface area contributed by atoms with Gasteiger partial charge in [-0.2, -0.15) is 0 Å². The van der Waals surface area contributed by atoms with E-state index in [0.29, 0.717) is 29.5 Å². The first-order valence-corrected chi connectivity index (χ1v) is 14.7. The van der Waals surface area contributed by atoms with Crippen LogP contribution in [0.25, 0.3) is 0 Å². The zero-order valence-electron chi connectivity index (χ0n) is 25.8. The number of hydrogen-bond acceptors (Lipinski definition) is 6. The summed E-state index contributed by atoms with van der Waals surface area (Å²) in [5.41, 5.74) is 1.77. The second kappa shape index (κ2) is 16.2. The number of carbonyl (C=O) groups is 3. The Kier molecular flexibility index (Phi) is 12.6. The summed E-state index contributed by atoms with van der Waals surface area (Å²) in [7, 11) is 0. The van der Waals surface area contributed by atoms with Crippen LogP contribution in [-0.4, -0.2) is 43.7 Å². The SMILES string of the molecule is CCCC(c1ccc(C(=O)NCCC(=O)OCC)cc1)[C@@H](C(=O)Nc1ccc(OC(F)(F)F)cc1C)c1ccc(OC(F)(F)F)cc1. The standard InChI is InChI=1S/C33H34F6N2O6/c1-4-6-26(21-7-9-23(10-8-21)30(43)40-18-17-28(42)45-5-2)29(22-11-13-24(14-12-22)46-32(34,35)36)31(44)41-27-16-15-25(19-20(27)3)47-33(37,38)39/h7-16,19,26,29H,4-6,17-18H2,1-3H3,(H,40,43)(H,41,44)/t26?,29-/m0/s1. The van der Waals surface area contributed by atoms with Gasteiger partial charge in [0.05, 0.1) is 18.9 Å². The minimum Gasteiger partial charge on any atom is -0.466 e. The van der Waals surface area contributed by atoms with Gasteiger partial charge in [0.2, 0.25) is 5.91 Å². The first-order valence-electron chi connectivity index (χ1n) is 14.7. The highest BCUT2D eigenvalue weighted by Crippen LogP contribution is 2.39. The molecule has 3 aromatic carbocycles. The van der Waals surface area contributed by atoms with E-state index >= 15 is 0 Å². The van der Waals surface area contributed by atoms with Crippen molar-refractivity contribution in [3.8, 4) is 11.5 Å². The highest BCUT2D eigenvalue weighted by atomic mass is 19.4. The monoisotopic (exact) mass is 668 g/mol. The number of anilines is 1. The van der Waals surface area contributed by atoms with Crippen LogP contribution in [0.1, 0.15) is 72.0 Å². The summed E-state index contributed by atoms with van der Waals surface area (Å²) in [6.07, 6.45) is -8.78. The molecule has 0 saturated heterocycles. The van der Waals surface area contributed by atoms with Gasteiger partial charge in [0.25, 0.3) is 5.91 Å². The fourth-order valence-corrected chi connectivity index (χ4v) is 4.96. The number of aryl methyl sites for hydroxylation is 1. The van der Waals surface area contributed by atoms with Crippen molar-refractivity contribution in [1.82, 2.24) is 5.32 Å². The number of carbonyl (C=O) groups excluding carboxylic acids is 3. The van der Waals surface area contributed by atoms with Crippen molar-refractivity contribution >= 4 is 23.5 Å². The van der Waals surface area contributed by atoms with Crippen molar-refractivity contribution in [1.29, 1.82) is 0 Å². The number of hydrogen-bond donors (Lipinski definition) is 2. The molecule has 3 rings (SSSR count). The largest absolute Gasteiger partial charge is 0.573 e. The van der Waals surface area contributed by atoms with Crippen molar-refractivity contribution < 1.29 is 54.9 Å². The van der Waals surface area contributed by atoms with E-state index < -0.39 is 53.8 Å². The van der Waals surface area contributed by atoms with Gasteiger partial charge in [0.1, 0.15) is 11.5 Å². The Morgan fingerprint density at radius 3 is 1.91 bits per heavy atom. The topological polar surface area (TPSA) is 103 Å². The summed E-state index contributed by atoms with van der Waals surface area (Å²) < 4.78 is 89.2. The van der Waals surface area contributed by atoms with Crippen molar-refractivity contribution in [3.05, 3.63) is 89.0 Å². The molecular formula is C33H34F6N2O6. The molecule has 8 nitrogen and oxygen atoms in total.